The Balaban J connectivity index is 1.31. The highest BCUT2D eigenvalue weighted by atomic mass is 35.5. The number of carbonyl (C=O) groups excluding carboxylic acids is 5. The molecule has 52 heavy (non-hydrogen) atoms. The van der Waals surface area contributed by atoms with Gasteiger partial charge in [0.15, 0.2) is 17.3 Å². The van der Waals surface area contributed by atoms with Gasteiger partial charge in [0.25, 0.3) is 5.91 Å². The van der Waals surface area contributed by atoms with Gasteiger partial charge in [-0.1, -0.05) is 23.7 Å². The minimum Gasteiger partial charge on any atom is -0.534 e. The standard InChI is InChI=1S/C31H27BClF2N5O12/c33-21-16(12-18(35)23(42)24(21)43)22(27(45)37-19-11-13-4-5-17(34)20(30(48)49)25(13)52-32(19)51)38-31(50)40-9-8-39(28(46)29(40)47)7-6-36-26(44)14-2-1-3-15(41)10-14/h1-5,10,12,19,22,41-43,51H,6-9,11H2,(H,36,44)(H,37,45)(H,38,50)(H,48,49)/t19-,22?/m0/s1. The number of amides is 6. The van der Waals surface area contributed by atoms with Crippen LogP contribution in [0, 0.1) is 11.6 Å². The zero-order chi connectivity index (χ0) is 38.0. The second-order valence-corrected chi connectivity index (χ2v) is 11.8. The fraction of sp³-hybridized carbons (Fsp3) is 0.226. The summed E-state index contributed by atoms with van der Waals surface area (Å²) < 4.78 is 34.0. The van der Waals surface area contributed by atoms with Crippen molar-refractivity contribution in [2.75, 3.05) is 26.2 Å². The number of halogens is 3. The number of urea groups is 1. The first-order valence-corrected chi connectivity index (χ1v) is 15.5. The lowest BCUT2D eigenvalue weighted by Crippen LogP contribution is -2.60. The summed E-state index contributed by atoms with van der Waals surface area (Å²) in [6, 6.07) is 4.54. The summed E-state index contributed by atoms with van der Waals surface area (Å²) in [6.45, 7) is -0.879. The highest BCUT2D eigenvalue weighted by Gasteiger charge is 2.42. The molecular formula is C31H27BClF2N5O12. The maximum atomic E-state index is 14.6. The number of imide groups is 1. The normalized spacial score (nSPS) is 16.1. The van der Waals surface area contributed by atoms with Gasteiger partial charge in [0, 0.05) is 37.3 Å². The Hall–Kier alpha value is -6.15. The monoisotopic (exact) mass is 745 g/mol. The maximum absolute atomic E-state index is 14.6. The van der Waals surface area contributed by atoms with Gasteiger partial charge in [0.1, 0.15) is 28.9 Å². The molecule has 0 spiro atoms. The van der Waals surface area contributed by atoms with Crippen LogP contribution in [0.5, 0.6) is 23.0 Å². The Morgan fingerprint density at radius 1 is 1.00 bits per heavy atom. The molecule has 0 aromatic heterocycles. The molecule has 5 rings (SSSR count). The first-order valence-electron chi connectivity index (χ1n) is 15.2. The van der Waals surface area contributed by atoms with Gasteiger partial charge >= 0.3 is 30.9 Å². The zero-order valence-electron chi connectivity index (χ0n) is 26.4. The van der Waals surface area contributed by atoms with Crippen LogP contribution in [0.15, 0.2) is 42.5 Å². The van der Waals surface area contributed by atoms with Crippen LogP contribution in [-0.4, -0.2) is 110 Å². The average Bonchev–Trinajstić information content (AvgIpc) is 3.09. The molecule has 0 saturated carbocycles. The largest absolute Gasteiger partial charge is 0.547 e. The minimum atomic E-state index is -2.08. The lowest BCUT2D eigenvalue weighted by Gasteiger charge is -2.34. The number of carboxylic acids is 1. The summed E-state index contributed by atoms with van der Waals surface area (Å²) in [4.78, 5) is 78.3. The molecule has 17 nitrogen and oxygen atoms in total. The third kappa shape index (κ3) is 7.47. The van der Waals surface area contributed by atoms with E-state index in [1.165, 1.54) is 24.3 Å². The number of carboxylic acid groups (broad SMARTS) is 1. The van der Waals surface area contributed by atoms with Gasteiger partial charge in [-0.2, -0.15) is 0 Å². The van der Waals surface area contributed by atoms with Gasteiger partial charge in [0.2, 0.25) is 5.91 Å². The Morgan fingerprint density at radius 2 is 1.73 bits per heavy atom. The summed E-state index contributed by atoms with van der Waals surface area (Å²) >= 11 is 6.11. The summed E-state index contributed by atoms with van der Waals surface area (Å²) in [5.74, 6) is -13.2. The van der Waals surface area contributed by atoms with Crippen LogP contribution in [0.4, 0.5) is 13.6 Å². The molecule has 2 aliphatic heterocycles. The Kier molecular flexibility index (Phi) is 10.7. The number of phenols is 3. The second kappa shape index (κ2) is 15.0. The number of aromatic hydroxyl groups is 3. The number of hydrogen-bond donors (Lipinski definition) is 8. The van der Waals surface area contributed by atoms with E-state index >= 15 is 0 Å². The molecule has 3 aromatic rings. The number of aromatic carboxylic acids is 1. The number of fused-ring (bicyclic) bond motifs is 1. The van der Waals surface area contributed by atoms with E-state index in [4.69, 9.17) is 16.3 Å². The zero-order valence-corrected chi connectivity index (χ0v) is 27.2. The van der Waals surface area contributed by atoms with Crippen LogP contribution in [0.3, 0.4) is 0 Å². The van der Waals surface area contributed by atoms with E-state index in [2.05, 4.69) is 16.0 Å². The summed E-state index contributed by atoms with van der Waals surface area (Å²) in [6.07, 6.45) is -0.338. The number of carbonyl (C=O) groups is 6. The third-order valence-electron chi connectivity index (χ3n) is 8.12. The average molecular weight is 746 g/mol. The van der Waals surface area contributed by atoms with Crippen LogP contribution in [0.25, 0.3) is 0 Å². The van der Waals surface area contributed by atoms with Gasteiger partial charge in [-0.3, -0.25) is 24.1 Å². The molecule has 0 bridgehead atoms. The maximum Gasteiger partial charge on any atom is 0.547 e. The quantitative estimate of drug-likeness (QED) is 0.0843. The number of nitrogens with zero attached hydrogens (tertiary/aromatic N) is 2. The van der Waals surface area contributed by atoms with E-state index in [0.29, 0.717) is 11.0 Å². The molecule has 8 N–H and O–H groups in total. The molecule has 1 unspecified atom stereocenters. The summed E-state index contributed by atoms with van der Waals surface area (Å²) in [5.41, 5.74) is -1.31. The van der Waals surface area contributed by atoms with Crippen molar-refractivity contribution in [1.29, 1.82) is 0 Å². The fourth-order valence-corrected chi connectivity index (χ4v) is 5.73. The highest BCUT2D eigenvalue weighted by Crippen LogP contribution is 2.40. The molecule has 272 valence electrons. The number of piperazine rings is 1. The Labute approximate surface area is 296 Å². The smallest absolute Gasteiger partial charge is 0.534 e. The molecule has 2 heterocycles. The van der Waals surface area contributed by atoms with Crippen LogP contribution in [-0.2, 0) is 20.8 Å². The highest BCUT2D eigenvalue weighted by molar-refractivity contribution is 6.47. The number of hydrogen-bond acceptors (Lipinski definition) is 11. The molecule has 2 aliphatic rings. The van der Waals surface area contributed by atoms with Crippen LogP contribution in [0.1, 0.15) is 37.9 Å². The van der Waals surface area contributed by atoms with Crippen molar-refractivity contribution in [3.63, 3.8) is 0 Å². The lowest BCUT2D eigenvalue weighted by atomic mass is 9.72. The predicted octanol–water partition coefficient (Wildman–Crippen LogP) is 0.424. The topological polar surface area (TPSA) is 255 Å². The molecule has 3 aromatic carbocycles. The molecule has 0 radical (unpaired) electrons. The van der Waals surface area contributed by atoms with E-state index in [9.17, 15) is 63.0 Å². The third-order valence-corrected chi connectivity index (χ3v) is 8.51. The molecule has 2 atom stereocenters. The molecule has 1 saturated heterocycles. The van der Waals surface area contributed by atoms with E-state index in [0.717, 1.165) is 17.0 Å². The van der Waals surface area contributed by atoms with Crippen molar-refractivity contribution >= 4 is 54.3 Å². The van der Waals surface area contributed by atoms with Crippen LogP contribution >= 0.6 is 11.6 Å². The molecular weight excluding hydrogens is 719 g/mol. The van der Waals surface area contributed by atoms with Crippen molar-refractivity contribution < 1.29 is 67.7 Å². The van der Waals surface area contributed by atoms with Crippen LogP contribution in [0.2, 0.25) is 5.02 Å². The van der Waals surface area contributed by atoms with Crippen molar-refractivity contribution in [3.05, 3.63) is 81.4 Å². The van der Waals surface area contributed by atoms with Gasteiger partial charge < -0.3 is 51.0 Å². The van der Waals surface area contributed by atoms with Crippen molar-refractivity contribution in [3.8, 4) is 23.0 Å². The number of rotatable bonds is 9. The SMILES string of the molecule is O=C(NCCN1CCN(C(=O)NC(C(=O)N[C@H]2Cc3ccc(F)c(C(=O)O)c3OB2O)c2cc(F)c(O)c(O)c2Cl)C(=O)C1=O)c1cccc(O)c1. The first-order chi connectivity index (χ1) is 24.6. The predicted molar refractivity (Wildman–Crippen MR) is 172 cm³/mol. The first kappa shape index (κ1) is 37.1. The lowest BCUT2D eigenvalue weighted by molar-refractivity contribution is -0.153. The van der Waals surface area contributed by atoms with E-state index in [1.807, 2.05) is 0 Å². The molecule has 0 aliphatic carbocycles. The van der Waals surface area contributed by atoms with E-state index < -0.39 is 106 Å². The fourth-order valence-electron chi connectivity index (χ4n) is 5.48. The van der Waals surface area contributed by atoms with Gasteiger partial charge in [-0.25, -0.2) is 18.4 Å². The van der Waals surface area contributed by atoms with E-state index in [1.54, 1.807) is 0 Å². The Bertz CT molecular complexity index is 2010. The molecule has 1 fully saturated rings. The van der Waals surface area contributed by atoms with Crippen molar-refractivity contribution in [2.24, 2.45) is 0 Å². The van der Waals surface area contributed by atoms with Gasteiger partial charge in [0.05, 0.1) is 11.0 Å². The molecule has 6 amide bonds. The molecule has 21 heteroatoms. The van der Waals surface area contributed by atoms with Crippen LogP contribution < -0.4 is 20.6 Å². The number of nitrogens with one attached hydrogen (secondary N) is 3. The number of benzene rings is 3. The second-order valence-electron chi connectivity index (χ2n) is 11.4. The van der Waals surface area contributed by atoms with Crippen molar-refractivity contribution in [2.45, 2.75) is 18.4 Å². The number of phenolic OH excluding ortho intramolecular Hbond substituents is 3. The Morgan fingerprint density at radius 3 is 2.42 bits per heavy atom. The van der Waals surface area contributed by atoms with Gasteiger partial charge in [-0.05, 0) is 42.3 Å². The van der Waals surface area contributed by atoms with E-state index in [-0.39, 0.29) is 42.9 Å². The summed E-state index contributed by atoms with van der Waals surface area (Å²) in [7, 11) is -1.98. The summed E-state index contributed by atoms with van der Waals surface area (Å²) in [5, 5.41) is 55.7. The van der Waals surface area contributed by atoms with Crippen molar-refractivity contribution in [1.82, 2.24) is 25.8 Å². The minimum absolute atomic E-state index is 0.0576. The van der Waals surface area contributed by atoms with Gasteiger partial charge in [-0.15, -0.1) is 0 Å².